The molecule has 2 aromatic rings. The van der Waals surface area contributed by atoms with Gasteiger partial charge in [-0.1, -0.05) is 0 Å². The van der Waals surface area contributed by atoms with Crippen LogP contribution in [0.3, 0.4) is 0 Å². The van der Waals surface area contributed by atoms with Crippen molar-refractivity contribution < 1.29 is 23.6 Å². The van der Waals surface area contributed by atoms with E-state index >= 15 is 0 Å². The summed E-state index contributed by atoms with van der Waals surface area (Å²) in [5, 5.41) is 23.0. The largest absolute Gasteiger partial charge is 0.429 e. The van der Waals surface area contributed by atoms with Crippen LogP contribution in [0, 0.1) is 5.92 Å². The Morgan fingerprint density at radius 2 is 1.72 bits per heavy atom. The number of amides is 1. The van der Waals surface area contributed by atoms with E-state index in [1.165, 1.54) is 6.20 Å². The average Bonchev–Trinajstić information content (AvgIpc) is 3.11. The second-order valence-corrected chi connectivity index (χ2v) is 9.82. The summed E-state index contributed by atoms with van der Waals surface area (Å²) in [6.07, 6.45) is 9.81. The molecular weight excluding hydrogens is 396 g/mol. The Morgan fingerprint density at radius 1 is 1.07 bits per heavy atom. The summed E-state index contributed by atoms with van der Waals surface area (Å²) in [5.41, 5.74) is 4.33. The van der Waals surface area contributed by atoms with Crippen molar-refractivity contribution >= 4 is 27.3 Å². The lowest BCUT2D eigenvalue weighted by atomic mass is 9.85. The standard InChI is InChI=1S/C19H26N4O5S/c1-29(27,28)21-16-11-23(26)18-7-6-12(8-14(16)18)9-19(24)20-15-10-22(25)17-5-3-2-4-13(15)17/h10-12,21,25-26H,2-9H2,1H3,(H,20,24). The van der Waals surface area contributed by atoms with Gasteiger partial charge in [0.05, 0.1) is 41.4 Å². The van der Waals surface area contributed by atoms with Crippen LogP contribution in [0.4, 0.5) is 11.4 Å². The van der Waals surface area contributed by atoms with Crippen LogP contribution in [0.5, 0.6) is 0 Å². The number of aromatic nitrogens is 2. The maximum Gasteiger partial charge on any atom is 0.229 e. The van der Waals surface area contributed by atoms with E-state index in [2.05, 4.69) is 10.0 Å². The van der Waals surface area contributed by atoms with E-state index in [0.29, 0.717) is 36.3 Å². The number of carbonyl (C=O) groups excluding carboxylic acids is 1. The predicted molar refractivity (Wildman–Crippen MR) is 107 cm³/mol. The molecule has 0 aliphatic heterocycles. The van der Waals surface area contributed by atoms with Gasteiger partial charge in [0.2, 0.25) is 15.9 Å². The average molecular weight is 423 g/mol. The van der Waals surface area contributed by atoms with Gasteiger partial charge in [0.25, 0.3) is 0 Å². The Balaban J connectivity index is 1.45. The van der Waals surface area contributed by atoms with E-state index in [0.717, 1.165) is 64.6 Å². The number of sulfonamides is 1. The second kappa shape index (κ2) is 7.33. The lowest BCUT2D eigenvalue weighted by Crippen LogP contribution is -2.23. The zero-order chi connectivity index (χ0) is 20.8. The molecule has 2 aliphatic carbocycles. The van der Waals surface area contributed by atoms with E-state index in [1.807, 2.05) is 0 Å². The van der Waals surface area contributed by atoms with Crippen LogP contribution in [0.15, 0.2) is 12.4 Å². The van der Waals surface area contributed by atoms with Crippen molar-refractivity contribution in [1.82, 2.24) is 9.46 Å². The summed E-state index contributed by atoms with van der Waals surface area (Å²) in [6, 6.07) is 0. The fourth-order valence-electron chi connectivity index (χ4n) is 4.54. The Labute approximate surface area is 169 Å². The van der Waals surface area contributed by atoms with Crippen molar-refractivity contribution in [2.75, 3.05) is 16.3 Å². The summed E-state index contributed by atoms with van der Waals surface area (Å²) in [4.78, 5) is 12.6. The molecule has 1 atom stereocenters. The molecule has 0 saturated carbocycles. The van der Waals surface area contributed by atoms with Crippen molar-refractivity contribution in [2.24, 2.45) is 5.92 Å². The maximum absolute atomic E-state index is 12.6. The first-order chi connectivity index (χ1) is 13.7. The molecule has 0 saturated heterocycles. The summed E-state index contributed by atoms with van der Waals surface area (Å²) in [7, 11) is -3.46. The fourth-order valence-corrected chi connectivity index (χ4v) is 5.12. The normalized spacial score (nSPS) is 18.7. The highest BCUT2D eigenvalue weighted by Crippen LogP contribution is 2.35. The van der Waals surface area contributed by atoms with Gasteiger partial charge in [0.15, 0.2) is 0 Å². The molecule has 10 heteroatoms. The van der Waals surface area contributed by atoms with Crippen LogP contribution in [0.25, 0.3) is 0 Å². The van der Waals surface area contributed by atoms with Gasteiger partial charge in [0.1, 0.15) is 0 Å². The predicted octanol–water partition coefficient (Wildman–Crippen LogP) is 2.15. The first-order valence-electron chi connectivity index (χ1n) is 9.83. The van der Waals surface area contributed by atoms with Crippen LogP contribution in [0.1, 0.15) is 48.2 Å². The molecule has 0 aromatic carbocycles. The van der Waals surface area contributed by atoms with E-state index in [9.17, 15) is 23.6 Å². The number of hydrogen-bond acceptors (Lipinski definition) is 5. The summed E-state index contributed by atoms with van der Waals surface area (Å²) in [5.74, 6) is -0.0875. The maximum atomic E-state index is 12.6. The summed E-state index contributed by atoms with van der Waals surface area (Å²) < 4.78 is 27.7. The molecule has 1 unspecified atom stereocenters. The van der Waals surface area contributed by atoms with Crippen molar-refractivity contribution in [3.05, 3.63) is 34.9 Å². The van der Waals surface area contributed by atoms with Crippen molar-refractivity contribution in [3.8, 4) is 0 Å². The molecule has 0 fully saturated rings. The van der Waals surface area contributed by atoms with Gasteiger partial charge in [-0.3, -0.25) is 9.52 Å². The highest BCUT2D eigenvalue weighted by atomic mass is 32.2. The number of anilines is 2. The van der Waals surface area contributed by atoms with Gasteiger partial charge in [-0.2, -0.15) is 9.46 Å². The van der Waals surface area contributed by atoms with E-state index in [-0.39, 0.29) is 11.8 Å². The molecule has 0 bridgehead atoms. The Kier molecular flexibility index (Phi) is 4.97. The molecule has 2 heterocycles. The smallest absolute Gasteiger partial charge is 0.229 e. The number of nitrogens with one attached hydrogen (secondary N) is 2. The van der Waals surface area contributed by atoms with Gasteiger partial charge in [0, 0.05) is 17.5 Å². The minimum Gasteiger partial charge on any atom is -0.429 e. The number of rotatable bonds is 5. The minimum atomic E-state index is -3.46. The zero-order valence-electron chi connectivity index (χ0n) is 16.3. The number of carbonyl (C=O) groups is 1. The lowest BCUT2D eigenvalue weighted by Gasteiger charge is -2.23. The molecule has 9 nitrogen and oxygen atoms in total. The molecular formula is C19H26N4O5S. The van der Waals surface area contributed by atoms with Crippen LogP contribution < -0.4 is 10.0 Å². The zero-order valence-corrected chi connectivity index (χ0v) is 17.1. The van der Waals surface area contributed by atoms with Gasteiger partial charge in [-0.15, -0.1) is 0 Å². The third-order valence-electron chi connectivity index (χ3n) is 5.82. The molecule has 0 radical (unpaired) electrons. The number of fused-ring (bicyclic) bond motifs is 2. The Bertz CT molecular complexity index is 1050. The quantitative estimate of drug-likeness (QED) is 0.550. The van der Waals surface area contributed by atoms with Gasteiger partial charge < -0.3 is 15.7 Å². The molecule has 1 amide bonds. The van der Waals surface area contributed by atoms with Crippen LogP contribution in [0.2, 0.25) is 0 Å². The van der Waals surface area contributed by atoms with Crippen molar-refractivity contribution in [3.63, 3.8) is 0 Å². The SMILES string of the molecule is CS(=O)(=O)Nc1cn(O)c2c1CC(CC(=O)Nc1cn(O)c3c1CCCC3)CC2. The van der Waals surface area contributed by atoms with E-state index < -0.39 is 10.0 Å². The second-order valence-electron chi connectivity index (χ2n) is 8.07. The topological polar surface area (TPSA) is 126 Å². The lowest BCUT2D eigenvalue weighted by molar-refractivity contribution is -0.117. The molecule has 0 spiro atoms. The minimum absolute atomic E-state index is 0.0389. The van der Waals surface area contributed by atoms with Crippen LogP contribution >= 0.6 is 0 Å². The van der Waals surface area contributed by atoms with Crippen LogP contribution in [-0.4, -0.2) is 40.5 Å². The molecule has 29 heavy (non-hydrogen) atoms. The first kappa shape index (κ1) is 19.7. The van der Waals surface area contributed by atoms with Gasteiger partial charge >= 0.3 is 0 Å². The van der Waals surface area contributed by atoms with Crippen molar-refractivity contribution in [1.29, 1.82) is 0 Å². The molecule has 4 N–H and O–H groups in total. The molecule has 4 rings (SSSR count). The number of hydrogen-bond donors (Lipinski definition) is 4. The Morgan fingerprint density at radius 3 is 2.45 bits per heavy atom. The number of nitrogens with zero attached hydrogens (tertiary/aromatic N) is 2. The fraction of sp³-hybridized carbons (Fsp3) is 0.526. The van der Waals surface area contributed by atoms with Gasteiger partial charge in [-0.05, 0) is 50.9 Å². The molecule has 2 aromatic heterocycles. The third-order valence-corrected chi connectivity index (χ3v) is 6.41. The van der Waals surface area contributed by atoms with Crippen molar-refractivity contribution in [2.45, 2.75) is 51.4 Å². The molecule has 158 valence electrons. The summed E-state index contributed by atoms with van der Waals surface area (Å²) >= 11 is 0. The van der Waals surface area contributed by atoms with E-state index in [1.54, 1.807) is 6.20 Å². The van der Waals surface area contributed by atoms with Crippen LogP contribution in [-0.2, 0) is 40.5 Å². The first-order valence-corrected chi connectivity index (χ1v) is 11.7. The Hall–Kier alpha value is -2.62. The van der Waals surface area contributed by atoms with E-state index in [4.69, 9.17) is 0 Å². The van der Waals surface area contributed by atoms with Gasteiger partial charge in [-0.25, -0.2) is 8.42 Å². The summed E-state index contributed by atoms with van der Waals surface area (Å²) in [6.45, 7) is 0. The monoisotopic (exact) mass is 422 g/mol. The highest BCUT2D eigenvalue weighted by molar-refractivity contribution is 7.92. The molecule has 2 aliphatic rings. The third kappa shape index (κ3) is 4.07. The highest BCUT2D eigenvalue weighted by Gasteiger charge is 2.28.